The van der Waals surface area contributed by atoms with E-state index >= 15 is 0 Å². The fourth-order valence-corrected chi connectivity index (χ4v) is 3.86. The molecule has 1 aliphatic heterocycles. The first-order valence-corrected chi connectivity index (χ1v) is 9.42. The molecule has 3 aromatic rings. The molecule has 1 aromatic carbocycles. The van der Waals surface area contributed by atoms with Crippen LogP contribution in [0.4, 0.5) is 10.1 Å². The summed E-state index contributed by atoms with van der Waals surface area (Å²) in [6.45, 7) is 0.179. The molecular weight excluding hydrogens is 383 g/mol. The number of hydrogen-bond acceptors (Lipinski definition) is 5. The number of hydrogen-bond donors (Lipinski definition) is 0. The van der Waals surface area contributed by atoms with Crippen molar-refractivity contribution in [2.75, 3.05) is 4.90 Å². The number of carbonyl (C=O) groups is 3. The summed E-state index contributed by atoms with van der Waals surface area (Å²) >= 11 is 1.45. The highest BCUT2D eigenvalue weighted by molar-refractivity contribution is 7.09. The van der Waals surface area contributed by atoms with Crippen LogP contribution in [0.15, 0.2) is 64.6 Å². The van der Waals surface area contributed by atoms with E-state index in [1.54, 1.807) is 6.07 Å². The lowest BCUT2D eigenvalue weighted by molar-refractivity contribution is -0.122. The maximum absolute atomic E-state index is 13.2. The summed E-state index contributed by atoms with van der Waals surface area (Å²) < 4.78 is 18.4. The Kier molecular flexibility index (Phi) is 4.79. The molecule has 4 rings (SSSR count). The summed E-state index contributed by atoms with van der Waals surface area (Å²) in [5, 5.41) is 1.87. The van der Waals surface area contributed by atoms with Gasteiger partial charge in [-0.2, -0.15) is 0 Å². The van der Waals surface area contributed by atoms with Gasteiger partial charge in [-0.25, -0.2) is 9.29 Å². The smallest absolute Gasteiger partial charge is 0.290 e. The van der Waals surface area contributed by atoms with Crippen molar-refractivity contribution in [2.24, 2.45) is 0 Å². The molecule has 1 aliphatic rings. The highest BCUT2D eigenvalue weighted by Crippen LogP contribution is 2.28. The third-order valence-electron chi connectivity index (χ3n) is 4.48. The van der Waals surface area contributed by atoms with Gasteiger partial charge in [-0.1, -0.05) is 6.07 Å². The number of rotatable bonds is 5. The van der Waals surface area contributed by atoms with Crippen LogP contribution in [-0.2, 0) is 16.1 Å². The predicted molar refractivity (Wildman–Crippen MR) is 100 cm³/mol. The van der Waals surface area contributed by atoms with Crippen molar-refractivity contribution in [3.05, 3.63) is 76.6 Å². The molecule has 3 amide bonds. The minimum absolute atomic E-state index is 0.0945. The third-order valence-corrected chi connectivity index (χ3v) is 5.34. The fourth-order valence-electron chi connectivity index (χ4n) is 3.16. The highest BCUT2D eigenvalue weighted by Gasteiger charge is 2.45. The summed E-state index contributed by atoms with van der Waals surface area (Å²) in [5.41, 5.74) is 0.278. The lowest BCUT2D eigenvalue weighted by Gasteiger charge is -2.26. The molecule has 0 radical (unpaired) electrons. The summed E-state index contributed by atoms with van der Waals surface area (Å²) in [4.78, 5) is 41.8. The largest absolute Gasteiger partial charge is 0.459 e. The highest BCUT2D eigenvalue weighted by atomic mass is 32.1. The number of thiophene rings is 1. The van der Waals surface area contributed by atoms with Crippen molar-refractivity contribution in [2.45, 2.75) is 19.0 Å². The van der Waals surface area contributed by atoms with Crippen LogP contribution in [0, 0.1) is 5.82 Å². The normalized spacial score (nSPS) is 16.6. The van der Waals surface area contributed by atoms with Crippen molar-refractivity contribution in [3.63, 3.8) is 0 Å². The Labute approximate surface area is 163 Å². The molecule has 0 bridgehead atoms. The number of anilines is 1. The molecule has 1 unspecified atom stereocenters. The van der Waals surface area contributed by atoms with Gasteiger partial charge in [-0.3, -0.25) is 14.4 Å². The van der Waals surface area contributed by atoms with E-state index in [0.717, 1.165) is 9.78 Å². The summed E-state index contributed by atoms with van der Waals surface area (Å²) in [6, 6.07) is 10.9. The van der Waals surface area contributed by atoms with Gasteiger partial charge in [-0.15, -0.1) is 11.3 Å². The van der Waals surface area contributed by atoms with Gasteiger partial charge in [0.05, 0.1) is 24.9 Å². The molecule has 28 heavy (non-hydrogen) atoms. The number of imide groups is 1. The Morgan fingerprint density at radius 1 is 1.18 bits per heavy atom. The van der Waals surface area contributed by atoms with Crippen LogP contribution in [0.25, 0.3) is 0 Å². The number of halogens is 1. The van der Waals surface area contributed by atoms with E-state index in [0.29, 0.717) is 0 Å². The molecule has 3 heterocycles. The van der Waals surface area contributed by atoms with E-state index in [1.165, 1.54) is 52.8 Å². The fraction of sp³-hybridized carbons (Fsp3) is 0.150. The number of nitrogens with zero attached hydrogens (tertiary/aromatic N) is 2. The van der Waals surface area contributed by atoms with Crippen molar-refractivity contribution in [3.8, 4) is 0 Å². The van der Waals surface area contributed by atoms with Crippen molar-refractivity contribution in [1.29, 1.82) is 0 Å². The van der Waals surface area contributed by atoms with E-state index in [-0.39, 0.29) is 24.4 Å². The number of amides is 3. The van der Waals surface area contributed by atoms with Crippen molar-refractivity contribution in [1.82, 2.24) is 4.90 Å². The van der Waals surface area contributed by atoms with Crippen molar-refractivity contribution < 1.29 is 23.2 Å². The minimum Gasteiger partial charge on any atom is -0.459 e. The number of furan rings is 1. The van der Waals surface area contributed by atoms with E-state index in [2.05, 4.69) is 0 Å². The average Bonchev–Trinajstić information content (AvgIpc) is 3.43. The van der Waals surface area contributed by atoms with Gasteiger partial charge in [0.15, 0.2) is 5.76 Å². The molecule has 1 saturated heterocycles. The quantitative estimate of drug-likeness (QED) is 0.617. The lowest BCUT2D eigenvalue weighted by atomic mass is 10.2. The van der Waals surface area contributed by atoms with E-state index in [1.807, 2.05) is 17.5 Å². The van der Waals surface area contributed by atoms with Gasteiger partial charge in [0.1, 0.15) is 11.9 Å². The van der Waals surface area contributed by atoms with Crippen LogP contribution in [-0.4, -0.2) is 28.7 Å². The number of benzene rings is 1. The molecule has 1 atom stereocenters. The predicted octanol–water partition coefficient (Wildman–Crippen LogP) is 3.45. The Morgan fingerprint density at radius 2 is 1.96 bits per heavy atom. The molecule has 8 heteroatoms. The molecule has 142 valence electrons. The van der Waals surface area contributed by atoms with E-state index < -0.39 is 29.6 Å². The monoisotopic (exact) mass is 398 g/mol. The SMILES string of the molecule is O=C1CC(N(Cc2cccs2)C(=O)c2ccco2)C(=O)N1c1ccc(F)cc1. The maximum Gasteiger partial charge on any atom is 0.290 e. The molecular formula is C20H15FN2O4S. The zero-order chi connectivity index (χ0) is 19.7. The minimum atomic E-state index is -0.961. The topological polar surface area (TPSA) is 70.8 Å². The summed E-state index contributed by atoms with van der Waals surface area (Å²) in [7, 11) is 0. The van der Waals surface area contributed by atoms with E-state index in [9.17, 15) is 18.8 Å². The van der Waals surface area contributed by atoms with Gasteiger partial charge in [0.25, 0.3) is 11.8 Å². The van der Waals surface area contributed by atoms with Crippen LogP contribution < -0.4 is 4.90 Å². The first-order valence-electron chi connectivity index (χ1n) is 8.54. The van der Waals surface area contributed by atoms with Crippen LogP contribution in [0.5, 0.6) is 0 Å². The van der Waals surface area contributed by atoms with Gasteiger partial charge in [0, 0.05) is 4.88 Å². The van der Waals surface area contributed by atoms with E-state index in [4.69, 9.17) is 4.42 Å². The Bertz CT molecular complexity index is 1000. The average molecular weight is 398 g/mol. The third kappa shape index (κ3) is 3.34. The molecule has 2 aromatic heterocycles. The van der Waals surface area contributed by atoms with Crippen LogP contribution in [0.3, 0.4) is 0 Å². The molecule has 0 aliphatic carbocycles. The second-order valence-electron chi connectivity index (χ2n) is 6.25. The van der Waals surface area contributed by atoms with Gasteiger partial charge in [-0.05, 0) is 47.8 Å². The summed E-state index contributed by atoms with van der Waals surface area (Å²) in [6.07, 6.45) is 1.23. The first kappa shape index (κ1) is 18.1. The van der Waals surface area contributed by atoms with Gasteiger partial charge < -0.3 is 9.32 Å². The maximum atomic E-state index is 13.2. The molecule has 0 saturated carbocycles. The van der Waals surface area contributed by atoms with Crippen LogP contribution in [0.1, 0.15) is 21.9 Å². The lowest BCUT2D eigenvalue weighted by Crippen LogP contribution is -2.44. The second kappa shape index (κ2) is 7.40. The van der Waals surface area contributed by atoms with Gasteiger partial charge >= 0.3 is 0 Å². The molecule has 0 N–H and O–H groups in total. The zero-order valence-corrected chi connectivity index (χ0v) is 15.4. The van der Waals surface area contributed by atoms with Gasteiger partial charge in [0.2, 0.25) is 5.91 Å². The van der Waals surface area contributed by atoms with Crippen LogP contribution in [0.2, 0.25) is 0 Å². The first-order chi connectivity index (χ1) is 13.5. The zero-order valence-electron chi connectivity index (χ0n) is 14.6. The second-order valence-corrected chi connectivity index (χ2v) is 7.29. The molecule has 1 fully saturated rings. The number of carbonyl (C=O) groups excluding carboxylic acids is 3. The van der Waals surface area contributed by atoms with Crippen molar-refractivity contribution >= 4 is 34.7 Å². The Balaban J connectivity index is 1.66. The molecule has 6 nitrogen and oxygen atoms in total. The molecule has 0 spiro atoms. The Morgan fingerprint density at radius 3 is 2.61 bits per heavy atom. The summed E-state index contributed by atoms with van der Waals surface area (Å²) in [5.74, 6) is -1.80. The Hall–Kier alpha value is -3.26. The standard InChI is InChI=1S/C20H15FN2O4S/c21-13-5-7-14(8-6-13)23-18(24)11-16(19(23)25)22(12-15-3-2-10-28-15)20(26)17-4-1-9-27-17/h1-10,16H,11-12H2. The van der Waals surface area contributed by atoms with Crippen LogP contribution >= 0.6 is 11.3 Å².